The topological polar surface area (TPSA) is 20.2 Å². The lowest BCUT2D eigenvalue weighted by Gasteiger charge is -2.37. The molecule has 0 amide bonds. The Hall–Kier alpha value is -0.880. The standard InChI is InChI=1S/C6H2F12O/c7-1(3(8,9)6(16,17)18)2(19,4(10,11)12)5(13,14)15/h1,19H. The first-order valence-corrected chi connectivity index (χ1v) is 3.85. The highest BCUT2D eigenvalue weighted by molar-refractivity contribution is 5.07. The molecule has 0 aromatic heterocycles. The van der Waals surface area contributed by atoms with Gasteiger partial charge >= 0.3 is 24.5 Å². The fourth-order valence-electron chi connectivity index (χ4n) is 0.854. The van der Waals surface area contributed by atoms with Crippen LogP contribution >= 0.6 is 0 Å². The van der Waals surface area contributed by atoms with E-state index in [9.17, 15) is 52.7 Å². The maximum absolute atomic E-state index is 12.6. The Morgan fingerprint density at radius 1 is 0.579 bits per heavy atom. The highest BCUT2D eigenvalue weighted by atomic mass is 19.4. The molecule has 0 aliphatic rings. The largest absolute Gasteiger partial charge is 0.456 e. The minimum atomic E-state index is -7.14. The third kappa shape index (κ3) is 2.69. The molecule has 116 valence electrons. The van der Waals surface area contributed by atoms with Crippen molar-refractivity contribution < 1.29 is 57.8 Å². The SMILES string of the molecule is OC(C(F)C(F)(F)C(F)(F)F)(C(F)(F)F)C(F)(F)F. The number of aliphatic hydroxyl groups is 1. The zero-order chi connectivity index (χ0) is 16.1. The summed E-state index contributed by atoms with van der Waals surface area (Å²) in [5.41, 5.74) is -6.86. The van der Waals surface area contributed by atoms with Crippen LogP contribution in [-0.2, 0) is 0 Å². The molecule has 0 aliphatic carbocycles. The molecular formula is C6H2F12O. The first-order chi connectivity index (χ1) is 7.90. The van der Waals surface area contributed by atoms with E-state index in [4.69, 9.17) is 5.11 Å². The van der Waals surface area contributed by atoms with Crippen LogP contribution in [-0.4, -0.2) is 41.3 Å². The van der Waals surface area contributed by atoms with Crippen molar-refractivity contribution in [2.45, 2.75) is 36.2 Å². The van der Waals surface area contributed by atoms with Gasteiger partial charge in [0.25, 0.3) is 5.60 Å². The van der Waals surface area contributed by atoms with Crippen LogP contribution in [0.25, 0.3) is 0 Å². The smallest absolute Gasteiger partial charge is 0.371 e. The van der Waals surface area contributed by atoms with Gasteiger partial charge < -0.3 is 5.11 Å². The average molecular weight is 318 g/mol. The Labute approximate surface area is 95.3 Å². The van der Waals surface area contributed by atoms with Gasteiger partial charge in [0.1, 0.15) is 0 Å². The van der Waals surface area contributed by atoms with E-state index in [1.807, 2.05) is 0 Å². The lowest BCUT2D eigenvalue weighted by Crippen LogP contribution is -2.69. The van der Waals surface area contributed by atoms with E-state index in [0.29, 0.717) is 0 Å². The number of hydrogen-bond donors (Lipinski definition) is 1. The Morgan fingerprint density at radius 2 is 0.842 bits per heavy atom. The van der Waals surface area contributed by atoms with Crippen LogP contribution in [0.15, 0.2) is 0 Å². The summed E-state index contributed by atoms with van der Waals surface area (Å²) in [6.07, 6.45) is -27.4. The monoisotopic (exact) mass is 318 g/mol. The summed E-state index contributed by atoms with van der Waals surface area (Å²) in [6, 6.07) is 0. The fourth-order valence-corrected chi connectivity index (χ4v) is 0.854. The van der Waals surface area contributed by atoms with Crippen molar-refractivity contribution in [2.24, 2.45) is 0 Å². The zero-order valence-corrected chi connectivity index (χ0v) is 8.06. The number of alkyl halides is 12. The minimum absolute atomic E-state index is 6.01. The first kappa shape index (κ1) is 18.1. The van der Waals surface area contributed by atoms with E-state index in [1.165, 1.54) is 0 Å². The lowest BCUT2D eigenvalue weighted by molar-refractivity contribution is -0.419. The first-order valence-electron chi connectivity index (χ1n) is 3.85. The molecule has 0 spiro atoms. The maximum atomic E-state index is 12.6. The molecule has 0 fully saturated rings. The summed E-state index contributed by atoms with van der Waals surface area (Å²) in [4.78, 5) is 0. The molecule has 1 atom stereocenters. The van der Waals surface area contributed by atoms with Crippen molar-refractivity contribution in [3.8, 4) is 0 Å². The Bertz CT molecular complexity index is 307. The predicted molar refractivity (Wildman–Crippen MR) is 33.0 cm³/mol. The Morgan fingerprint density at radius 3 is 1.00 bits per heavy atom. The van der Waals surface area contributed by atoms with Crippen LogP contribution in [0.2, 0.25) is 0 Å². The normalized spacial score (nSPS) is 17.5. The van der Waals surface area contributed by atoms with Gasteiger partial charge in [0.15, 0.2) is 0 Å². The fraction of sp³-hybridized carbons (Fsp3) is 1.00. The van der Waals surface area contributed by atoms with Crippen LogP contribution in [0, 0.1) is 0 Å². The van der Waals surface area contributed by atoms with Crippen molar-refractivity contribution in [1.29, 1.82) is 0 Å². The molecule has 0 bridgehead atoms. The Kier molecular flexibility index (Phi) is 4.11. The van der Waals surface area contributed by atoms with Crippen molar-refractivity contribution in [2.75, 3.05) is 0 Å². The van der Waals surface area contributed by atoms with Gasteiger partial charge in [0.05, 0.1) is 0 Å². The van der Waals surface area contributed by atoms with E-state index < -0.39 is 36.2 Å². The van der Waals surface area contributed by atoms with Gasteiger partial charge in [-0.05, 0) is 0 Å². The van der Waals surface area contributed by atoms with Gasteiger partial charge in [-0.25, -0.2) is 4.39 Å². The quantitative estimate of drug-likeness (QED) is 0.774. The minimum Gasteiger partial charge on any atom is -0.371 e. The van der Waals surface area contributed by atoms with Crippen LogP contribution in [0.4, 0.5) is 52.7 Å². The second kappa shape index (κ2) is 4.31. The predicted octanol–water partition coefficient (Wildman–Crippen LogP) is 3.38. The van der Waals surface area contributed by atoms with Crippen molar-refractivity contribution in [3.63, 3.8) is 0 Å². The summed E-state index contributed by atoms with van der Waals surface area (Å²) >= 11 is 0. The van der Waals surface area contributed by atoms with E-state index in [-0.39, 0.29) is 0 Å². The number of rotatable bonds is 2. The van der Waals surface area contributed by atoms with Crippen molar-refractivity contribution >= 4 is 0 Å². The van der Waals surface area contributed by atoms with Crippen LogP contribution in [0.5, 0.6) is 0 Å². The summed E-state index contributed by atoms with van der Waals surface area (Å²) in [5.74, 6) is -7.06. The zero-order valence-electron chi connectivity index (χ0n) is 8.06. The van der Waals surface area contributed by atoms with Gasteiger partial charge in [0, 0.05) is 0 Å². The molecule has 0 rings (SSSR count). The lowest BCUT2D eigenvalue weighted by atomic mass is 9.91. The van der Waals surface area contributed by atoms with Gasteiger partial charge in [-0.2, -0.15) is 48.3 Å². The molecule has 0 saturated heterocycles. The van der Waals surface area contributed by atoms with E-state index in [1.54, 1.807) is 0 Å². The van der Waals surface area contributed by atoms with E-state index in [2.05, 4.69) is 0 Å². The maximum Gasteiger partial charge on any atom is 0.456 e. The molecule has 0 aromatic carbocycles. The van der Waals surface area contributed by atoms with Crippen LogP contribution in [0.3, 0.4) is 0 Å². The van der Waals surface area contributed by atoms with Gasteiger partial charge in [0.2, 0.25) is 6.17 Å². The third-order valence-corrected chi connectivity index (χ3v) is 1.93. The molecule has 13 heteroatoms. The highest BCUT2D eigenvalue weighted by Gasteiger charge is 2.83. The summed E-state index contributed by atoms with van der Waals surface area (Å²) in [7, 11) is 0. The second-order valence-corrected chi connectivity index (χ2v) is 3.25. The molecule has 0 aromatic rings. The van der Waals surface area contributed by atoms with Gasteiger partial charge in [-0.15, -0.1) is 0 Å². The Balaban J connectivity index is 5.97. The number of halogens is 12. The molecule has 19 heavy (non-hydrogen) atoms. The van der Waals surface area contributed by atoms with Crippen LogP contribution in [0.1, 0.15) is 0 Å². The molecule has 0 saturated carbocycles. The third-order valence-electron chi connectivity index (χ3n) is 1.93. The molecule has 0 heterocycles. The summed E-state index contributed by atoms with van der Waals surface area (Å²) in [5, 5.41) is 8.05. The molecule has 0 radical (unpaired) electrons. The molecular weight excluding hydrogens is 316 g/mol. The molecule has 0 aliphatic heterocycles. The number of hydrogen-bond acceptors (Lipinski definition) is 1. The van der Waals surface area contributed by atoms with Gasteiger partial charge in [-0.1, -0.05) is 0 Å². The highest BCUT2D eigenvalue weighted by Crippen LogP contribution is 2.53. The second-order valence-electron chi connectivity index (χ2n) is 3.25. The van der Waals surface area contributed by atoms with Crippen molar-refractivity contribution in [1.82, 2.24) is 0 Å². The average Bonchev–Trinajstić information content (AvgIpc) is 2.09. The molecule has 1 unspecified atom stereocenters. The molecule has 1 N–H and O–H groups in total. The summed E-state index contributed by atoms with van der Waals surface area (Å²) < 4.78 is 143. The van der Waals surface area contributed by atoms with Crippen LogP contribution < -0.4 is 0 Å². The summed E-state index contributed by atoms with van der Waals surface area (Å²) in [6.45, 7) is 0. The molecule has 1 nitrogen and oxygen atoms in total. The van der Waals surface area contributed by atoms with E-state index >= 15 is 0 Å². The van der Waals surface area contributed by atoms with Crippen molar-refractivity contribution in [3.05, 3.63) is 0 Å². The van der Waals surface area contributed by atoms with Gasteiger partial charge in [-0.3, -0.25) is 0 Å². The van der Waals surface area contributed by atoms with E-state index in [0.717, 1.165) is 0 Å².